The summed E-state index contributed by atoms with van der Waals surface area (Å²) in [5, 5.41) is 13.3. The molecule has 0 radical (unpaired) electrons. The number of pyridine rings is 3. The Morgan fingerprint density at radius 2 is 1.77 bits per heavy atom. The monoisotopic (exact) mass is 589 g/mol. The summed E-state index contributed by atoms with van der Waals surface area (Å²) in [6.45, 7) is -0.0296. The van der Waals surface area contributed by atoms with Gasteiger partial charge < -0.3 is 25.5 Å². The minimum absolute atomic E-state index is 0.0427. The first kappa shape index (κ1) is 30.4. The number of nitrogens with one attached hydrogen (secondary N) is 3. The average Bonchev–Trinajstić information content (AvgIpc) is 3.00. The zero-order chi connectivity index (χ0) is 31.0. The van der Waals surface area contributed by atoms with Crippen molar-refractivity contribution in [2.75, 3.05) is 17.3 Å². The molecular weight excluding hydrogens is 563 g/mol. The fourth-order valence-electron chi connectivity index (χ4n) is 3.89. The normalized spacial score (nSPS) is 11.5. The fourth-order valence-corrected chi connectivity index (χ4v) is 3.89. The predicted molar refractivity (Wildman–Crippen MR) is 155 cm³/mol. The number of benzene rings is 1. The Bertz CT molecular complexity index is 1690. The molecule has 0 bridgehead atoms. The maximum absolute atomic E-state index is 13.9. The third-order valence-electron chi connectivity index (χ3n) is 6.17. The molecule has 0 unspecified atom stereocenters. The van der Waals surface area contributed by atoms with Gasteiger partial charge in [-0.25, -0.2) is 4.98 Å². The molecule has 0 saturated heterocycles. The van der Waals surface area contributed by atoms with Crippen LogP contribution in [0.25, 0.3) is 0 Å². The van der Waals surface area contributed by atoms with Gasteiger partial charge >= 0.3 is 6.18 Å². The molecule has 10 nitrogen and oxygen atoms in total. The SMILES string of the molecule is CN(/C(=C\C(=N)c1cccnc1)C(F)(F)F)c1ccc(NC(=O)c2ccc(=O)n(CC(=O)NCc3ccccc3)c2)nc1. The number of hydrogen-bond acceptors (Lipinski definition) is 7. The van der Waals surface area contributed by atoms with E-state index in [4.69, 9.17) is 5.41 Å². The van der Waals surface area contributed by atoms with Gasteiger partial charge in [-0.15, -0.1) is 0 Å². The number of carbonyl (C=O) groups excluding carboxylic acids is 2. The molecule has 4 aromatic rings. The summed E-state index contributed by atoms with van der Waals surface area (Å²) in [7, 11) is 1.18. The van der Waals surface area contributed by atoms with E-state index >= 15 is 0 Å². The lowest BCUT2D eigenvalue weighted by Crippen LogP contribution is -2.32. The Labute approximate surface area is 244 Å². The minimum Gasteiger partial charge on any atom is -0.350 e. The fraction of sp³-hybridized carbons (Fsp3) is 0.133. The summed E-state index contributed by atoms with van der Waals surface area (Å²) in [5.41, 5.74) is -0.745. The number of nitrogens with zero attached hydrogens (tertiary/aromatic N) is 4. The van der Waals surface area contributed by atoms with Gasteiger partial charge in [0.1, 0.15) is 18.1 Å². The maximum Gasteiger partial charge on any atom is 0.431 e. The van der Waals surface area contributed by atoms with Crippen molar-refractivity contribution in [3.8, 4) is 0 Å². The lowest BCUT2D eigenvalue weighted by molar-refractivity contribution is -0.121. The molecule has 0 fully saturated rings. The van der Waals surface area contributed by atoms with Gasteiger partial charge in [-0.05, 0) is 42.0 Å². The second kappa shape index (κ2) is 13.4. The molecule has 0 aliphatic heterocycles. The molecule has 3 N–H and O–H groups in total. The molecule has 0 saturated carbocycles. The van der Waals surface area contributed by atoms with Crippen LogP contribution in [0.5, 0.6) is 0 Å². The largest absolute Gasteiger partial charge is 0.431 e. The molecule has 1 aromatic carbocycles. The summed E-state index contributed by atoms with van der Waals surface area (Å²) in [6.07, 6.45) is 1.03. The number of hydrogen-bond donors (Lipinski definition) is 3. The van der Waals surface area contributed by atoms with Crippen molar-refractivity contribution in [2.24, 2.45) is 0 Å². The number of carbonyl (C=O) groups is 2. The molecule has 0 aliphatic carbocycles. The molecule has 3 aromatic heterocycles. The van der Waals surface area contributed by atoms with Crippen LogP contribution in [-0.2, 0) is 17.9 Å². The number of anilines is 2. The number of aromatic nitrogens is 3. The lowest BCUT2D eigenvalue weighted by Gasteiger charge is -2.24. The van der Waals surface area contributed by atoms with Gasteiger partial charge in [0.15, 0.2) is 0 Å². The number of halogens is 3. The quantitative estimate of drug-likeness (QED) is 0.238. The van der Waals surface area contributed by atoms with Gasteiger partial charge in [0, 0.05) is 43.8 Å². The lowest BCUT2D eigenvalue weighted by atomic mass is 10.1. The van der Waals surface area contributed by atoms with E-state index in [2.05, 4.69) is 20.6 Å². The van der Waals surface area contributed by atoms with Gasteiger partial charge in [-0.2, -0.15) is 13.2 Å². The number of rotatable bonds is 10. The highest BCUT2D eigenvalue weighted by molar-refractivity contribution is 6.07. The van der Waals surface area contributed by atoms with Crippen molar-refractivity contribution < 1.29 is 22.8 Å². The van der Waals surface area contributed by atoms with Crippen LogP contribution in [0.1, 0.15) is 21.5 Å². The average molecular weight is 590 g/mol. The number of allylic oxidation sites excluding steroid dienone is 2. The molecule has 220 valence electrons. The third kappa shape index (κ3) is 8.22. The standard InChI is InChI=1S/C30H26F3N7O3/c1-39(25(30(31,32)33)14-24(34)21-8-5-13-35-16-21)23-10-11-26(36-17-23)38-29(43)22-9-12-28(42)40(18-22)19-27(41)37-15-20-6-3-2-4-7-20/h2-14,16-18,34H,15,19H2,1H3,(H,37,41)(H,36,38,43)/b25-14-,34-24?. The zero-order valence-electron chi connectivity index (χ0n) is 22.8. The first-order chi connectivity index (χ1) is 20.5. The molecule has 3 heterocycles. The second-order valence-electron chi connectivity index (χ2n) is 9.24. The number of amides is 2. The molecule has 0 atom stereocenters. The van der Waals surface area contributed by atoms with Crippen LogP contribution < -0.4 is 21.1 Å². The molecule has 4 rings (SSSR count). The summed E-state index contributed by atoms with van der Waals surface area (Å²) < 4.78 is 42.7. The van der Waals surface area contributed by atoms with Crippen LogP contribution in [0.3, 0.4) is 0 Å². The minimum atomic E-state index is -4.78. The zero-order valence-corrected chi connectivity index (χ0v) is 22.8. The van der Waals surface area contributed by atoms with Gasteiger partial charge in [0.25, 0.3) is 11.5 Å². The summed E-state index contributed by atoms with van der Waals surface area (Å²) in [4.78, 5) is 46.2. The van der Waals surface area contributed by atoms with Crippen molar-refractivity contribution >= 4 is 29.0 Å². The van der Waals surface area contributed by atoms with Gasteiger partial charge in [0.05, 0.1) is 23.2 Å². The van der Waals surface area contributed by atoms with E-state index in [1.165, 1.54) is 56.0 Å². The molecule has 43 heavy (non-hydrogen) atoms. The maximum atomic E-state index is 13.9. The van der Waals surface area contributed by atoms with Gasteiger partial charge in [0.2, 0.25) is 5.91 Å². The smallest absolute Gasteiger partial charge is 0.350 e. The summed E-state index contributed by atoms with van der Waals surface area (Å²) in [6, 6.07) is 17.3. The van der Waals surface area contributed by atoms with E-state index in [0.717, 1.165) is 27.3 Å². The molecule has 13 heteroatoms. The molecule has 2 amide bonds. The Morgan fingerprint density at radius 3 is 2.42 bits per heavy atom. The predicted octanol–water partition coefficient (Wildman–Crippen LogP) is 4.16. The van der Waals surface area contributed by atoms with Gasteiger partial charge in [-0.3, -0.25) is 19.4 Å². The highest BCUT2D eigenvalue weighted by Gasteiger charge is 2.37. The molecule has 0 spiro atoms. The van der Waals surface area contributed by atoms with Crippen molar-refractivity contribution in [3.63, 3.8) is 0 Å². The van der Waals surface area contributed by atoms with E-state index in [1.54, 1.807) is 0 Å². The number of alkyl halides is 3. The van der Waals surface area contributed by atoms with Crippen LogP contribution in [0.4, 0.5) is 24.7 Å². The van der Waals surface area contributed by atoms with E-state index < -0.39 is 29.2 Å². The van der Waals surface area contributed by atoms with Crippen LogP contribution in [0.15, 0.2) is 108 Å². The highest BCUT2D eigenvalue weighted by Crippen LogP contribution is 2.31. The first-order valence-corrected chi connectivity index (χ1v) is 12.8. The van der Waals surface area contributed by atoms with Crippen LogP contribution >= 0.6 is 0 Å². The van der Waals surface area contributed by atoms with E-state index in [9.17, 15) is 27.6 Å². The topological polar surface area (TPSA) is 133 Å². The Balaban J connectivity index is 1.43. The Kier molecular flexibility index (Phi) is 9.45. The third-order valence-corrected chi connectivity index (χ3v) is 6.17. The van der Waals surface area contributed by atoms with Crippen molar-refractivity contribution in [1.29, 1.82) is 5.41 Å². The van der Waals surface area contributed by atoms with E-state index in [-0.39, 0.29) is 41.4 Å². The van der Waals surface area contributed by atoms with Crippen molar-refractivity contribution in [1.82, 2.24) is 19.9 Å². The van der Waals surface area contributed by atoms with Crippen LogP contribution in [0.2, 0.25) is 0 Å². The van der Waals surface area contributed by atoms with Crippen molar-refractivity contribution in [3.05, 3.63) is 130 Å². The van der Waals surface area contributed by atoms with Crippen LogP contribution in [0, 0.1) is 5.41 Å². The van der Waals surface area contributed by atoms with E-state index in [1.807, 2.05) is 30.3 Å². The molecular formula is C30H26F3N7O3. The Morgan fingerprint density at radius 1 is 1.00 bits per heavy atom. The Hall–Kier alpha value is -5.59. The van der Waals surface area contributed by atoms with Crippen LogP contribution in [-0.4, -0.2) is 45.3 Å². The summed E-state index contributed by atoms with van der Waals surface area (Å²) in [5.74, 6) is -1.03. The highest BCUT2D eigenvalue weighted by atomic mass is 19.4. The summed E-state index contributed by atoms with van der Waals surface area (Å²) >= 11 is 0. The van der Waals surface area contributed by atoms with E-state index in [0.29, 0.717) is 6.08 Å². The second-order valence-corrected chi connectivity index (χ2v) is 9.24. The first-order valence-electron chi connectivity index (χ1n) is 12.8. The van der Waals surface area contributed by atoms with Gasteiger partial charge in [-0.1, -0.05) is 30.3 Å². The van der Waals surface area contributed by atoms with Crippen molar-refractivity contribution in [2.45, 2.75) is 19.3 Å². The molecule has 0 aliphatic rings.